The maximum absolute atomic E-state index is 9.81. The summed E-state index contributed by atoms with van der Waals surface area (Å²) in [6.45, 7) is 2.18. The summed E-state index contributed by atoms with van der Waals surface area (Å²) in [4.78, 5) is 0. The van der Waals surface area contributed by atoms with E-state index in [2.05, 4.69) is 12.3 Å². The highest BCUT2D eigenvalue weighted by Gasteiger charge is 2.22. The van der Waals surface area contributed by atoms with Gasteiger partial charge in [0.15, 0.2) is 0 Å². The van der Waals surface area contributed by atoms with Gasteiger partial charge in [-0.25, -0.2) is 5.01 Å². The Morgan fingerprint density at radius 3 is 2.85 bits per heavy atom. The van der Waals surface area contributed by atoms with Gasteiger partial charge < -0.3 is 10.5 Å². The Balaban J connectivity index is 2.22. The molecule has 0 saturated carbocycles. The number of likely N-dealkylation sites (N-methyl/N-ethyl adjacent to an activating group) is 1. The molecule has 1 aliphatic rings. The molecule has 0 amide bonds. The molecule has 1 aliphatic heterocycles. The van der Waals surface area contributed by atoms with Crippen molar-refractivity contribution in [2.24, 2.45) is 0 Å². The Morgan fingerprint density at radius 1 is 1.54 bits per heavy atom. The zero-order valence-electron chi connectivity index (χ0n) is 8.53. The fourth-order valence-corrected chi connectivity index (χ4v) is 1.63. The van der Waals surface area contributed by atoms with Gasteiger partial charge in [0.25, 0.3) is 0 Å². The summed E-state index contributed by atoms with van der Waals surface area (Å²) < 4.78 is 0. The predicted molar refractivity (Wildman–Crippen MR) is 54.0 cm³/mol. The van der Waals surface area contributed by atoms with Gasteiger partial charge >= 0.3 is 0 Å². The van der Waals surface area contributed by atoms with Crippen LogP contribution in [0.25, 0.3) is 0 Å². The minimum absolute atomic E-state index is 0.150. The summed E-state index contributed by atoms with van der Waals surface area (Å²) in [5, 5.41) is 11.8. The first-order valence-corrected chi connectivity index (χ1v) is 5.09. The van der Waals surface area contributed by atoms with E-state index in [1.54, 1.807) is 0 Å². The topological polar surface area (TPSA) is 35.5 Å². The van der Waals surface area contributed by atoms with Crippen molar-refractivity contribution in [1.82, 2.24) is 10.4 Å². The van der Waals surface area contributed by atoms with Crippen molar-refractivity contribution in [3.8, 4) is 0 Å². The highest BCUT2D eigenvalue weighted by Crippen LogP contribution is 2.13. The number of hydrogen-bond acceptors (Lipinski definition) is 3. The first kappa shape index (κ1) is 10.5. The fourth-order valence-electron chi connectivity index (χ4n) is 1.63. The van der Waals surface area contributed by atoms with Crippen molar-refractivity contribution >= 4 is 0 Å². The predicted octanol–water partition coefficient (Wildman–Crippen LogP) is 1.26. The van der Waals surface area contributed by atoms with Gasteiger partial charge in [-0.15, -0.1) is 0 Å². The highest BCUT2D eigenvalue weighted by atomic mass is 16.3. The number of hydrogen-bond donors (Lipinski definition) is 2. The average Bonchev–Trinajstić information content (AvgIpc) is 2.52. The zero-order valence-corrected chi connectivity index (χ0v) is 8.53. The molecule has 0 aromatic rings. The van der Waals surface area contributed by atoms with E-state index < -0.39 is 0 Å². The first-order valence-electron chi connectivity index (χ1n) is 5.09. The van der Waals surface area contributed by atoms with Crippen LogP contribution in [0.3, 0.4) is 0 Å². The molecule has 0 bridgehead atoms. The van der Waals surface area contributed by atoms with Gasteiger partial charge in [-0.1, -0.05) is 26.2 Å². The van der Waals surface area contributed by atoms with Gasteiger partial charge in [0.1, 0.15) is 0 Å². The smallest absolute Gasteiger partial charge is 0.0749 e. The minimum atomic E-state index is -0.234. The third kappa shape index (κ3) is 3.01. The van der Waals surface area contributed by atoms with E-state index in [-0.39, 0.29) is 12.1 Å². The largest absolute Gasteiger partial charge is 0.391 e. The quantitative estimate of drug-likeness (QED) is 0.631. The fraction of sp³-hybridized carbons (Fsp3) is 0.800. The molecule has 1 rings (SSSR count). The van der Waals surface area contributed by atoms with Crippen LogP contribution in [0.4, 0.5) is 0 Å². The van der Waals surface area contributed by atoms with Crippen molar-refractivity contribution in [2.45, 2.75) is 44.8 Å². The minimum Gasteiger partial charge on any atom is -0.391 e. The molecule has 2 unspecified atom stereocenters. The molecule has 2 N–H and O–H groups in total. The van der Waals surface area contributed by atoms with E-state index in [4.69, 9.17) is 0 Å². The number of nitrogens with zero attached hydrogens (tertiary/aromatic N) is 1. The van der Waals surface area contributed by atoms with E-state index in [1.165, 1.54) is 12.8 Å². The van der Waals surface area contributed by atoms with Gasteiger partial charge in [0, 0.05) is 13.2 Å². The summed E-state index contributed by atoms with van der Waals surface area (Å²) >= 11 is 0. The number of aliphatic hydroxyl groups excluding tert-OH is 1. The molecule has 0 radical (unpaired) electrons. The lowest BCUT2D eigenvalue weighted by atomic mass is 10.0. The Hall–Kier alpha value is -0.540. The number of unbranched alkanes of at least 4 members (excludes halogenated alkanes) is 2. The molecular weight excluding hydrogens is 164 g/mol. The highest BCUT2D eigenvalue weighted by molar-refractivity contribution is 5.01. The first-order chi connectivity index (χ1) is 6.25. The summed E-state index contributed by atoms with van der Waals surface area (Å²) in [6.07, 6.45) is 8.10. The third-order valence-electron chi connectivity index (χ3n) is 2.52. The lowest BCUT2D eigenvalue weighted by Gasteiger charge is -2.24. The summed E-state index contributed by atoms with van der Waals surface area (Å²) in [7, 11) is 1.95. The van der Waals surface area contributed by atoms with E-state index in [0.717, 1.165) is 12.8 Å². The van der Waals surface area contributed by atoms with Crippen molar-refractivity contribution in [1.29, 1.82) is 0 Å². The van der Waals surface area contributed by atoms with Crippen LogP contribution in [-0.2, 0) is 0 Å². The maximum atomic E-state index is 9.81. The van der Waals surface area contributed by atoms with Crippen LogP contribution in [0.1, 0.15) is 32.6 Å². The van der Waals surface area contributed by atoms with Gasteiger partial charge in [0.2, 0.25) is 0 Å². The number of aliphatic hydroxyl groups is 1. The molecule has 76 valence electrons. The average molecular weight is 184 g/mol. The van der Waals surface area contributed by atoms with Gasteiger partial charge in [0.05, 0.1) is 12.1 Å². The van der Waals surface area contributed by atoms with Crippen LogP contribution in [0, 0.1) is 0 Å². The monoisotopic (exact) mass is 184 g/mol. The number of rotatable bonds is 5. The standard InChI is InChI=1S/C10H20N2O/c1-3-4-5-6-10(13)9-7-8-11-12(9)2/h7-11,13H,3-6H2,1-2H3. The van der Waals surface area contributed by atoms with E-state index >= 15 is 0 Å². The Bertz CT molecular complexity index is 170. The molecule has 0 spiro atoms. The van der Waals surface area contributed by atoms with E-state index in [1.807, 2.05) is 24.3 Å². The third-order valence-corrected chi connectivity index (χ3v) is 2.52. The lowest BCUT2D eigenvalue weighted by Crippen LogP contribution is -2.41. The zero-order chi connectivity index (χ0) is 9.68. The van der Waals surface area contributed by atoms with Crippen LogP contribution in [-0.4, -0.2) is 29.3 Å². The Labute approximate surface area is 80.4 Å². The number of hydrazine groups is 1. The van der Waals surface area contributed by atoms with E-state index in [9.17, 15) is 5.11 Å². The normalized spacial score (nSPS) is 24.7. The van der Waals surface area contributed by atoms with Gasteiger partial charge in [-0.3, -0.25) is 0 Å². The summed E-state index contributed by atoms with van der Waals surface area (Å²) in [6, 6.07) is 0.150. The molecule has 3 nitrogen and oxygen atoms in total. The van der Waals surface area contributed by atoms with Gasteiger partial charge in [-0.05, 0) is 12.5 Å². The van der Waals surface area contributed by atoms with Crippen LogP contribution in [0.2, 0.25) is 0 Å². The second-order valence-corrected chi connectivity index (χ2v) is 3.65. The summed E-state index contributed by atoms with van der Waals surface area (Å²) in [5.74, 6) is 0. The molecule has 0 aromatic carbocycles. The maximum Gasteiger partial charge on any atom is 0.0749 e. The lowest BCUT2D eigenvalue weighted by molar-refractivity contribution is 0.0729. The molecule has 2 atom stereocenters. The SMILES string of the molecule is CCCCCC(O)C1C=CNN1C. The molecule has 13 heavy (non-hydrogen) atoms. The molecule has 0 aromatic heterocycles. The van der Waals surface area contributed by atoms with Crippen molar-refractivity contribution < 1.29 is 5.11 Å². The van der Waals surface area contributed by atoms with Crippen LogP contribution < -0.4 is 5.43 Å². The van der Waals surface area contributed by atoms with Crippen LogP contribution >= 0.6 is 0 Å². The number of nitrogens with one attached hydrogen (secondary N) is 1. The Kier molecular flexibility index (Phi) is 4.25. The molecular formula is C10H20N2O. The van der Waals surface area contributed by atoms with Crippen LogP contribution in [0.15, 0.2) is 12.3 Å². The van der Waals surface area contributed by atoms with Crippen molar-refractivity contribution in [3.63, 3.8) is 0 Å². The van der Waals surface area contributed by atoms with E-state index in [0.29, 0.717) is 0 Å². The second kappa shape index (κ2) is 5.25. The van der Waals surface area contributed by atoms with Crippen molar-refractivity contribution in [2.75, 3.05) is 7.05 Å². The molecule has 1 heterocycles. The second-order valence-electron chi connectivity index (χ2n) is 3.65. The van der Waals surface area contributed by atoms with Gasteiger partial charge in [-0.2, -0.15) is 0 Å². The van der Waals surface area contributed by atoms with Crippen LogP contribution in [0.5, 0.6) is 0 Å². The molecule has 0 aliphatic carbocycles. The molecule has 0 fully saturated rings. The Morgan fingerprint density at radius 2 is 2.31 bits per heavy atom. The van der Waals surface area contributed by atoms with Crippen molar-refractivity contribution in [3.05, 3.63) is 12.3 Å². The molecule has 3 heteroatoms. The summed E-state index contributed by atoms with van der Waals surface area (Å²) in [5.41, 5.74) is 3.03. The molecule has 0 saturated heterocycles.